The van der Waals surface area contributed by atoms with E-state index in [9.17, 15) is 19.2 Å². The average molecular weight is 500 g/mol. The molecule has 2 aromatic rings. The molecule has 0 bridgehead atoms. The largest absolute Gasteiger partial charge is 0.468 e. The molecule has 8 nitrogen and oxygen atoms in total. The molecule has 4 rings (SSSR count). The molecule has 0 amide bonds. The van der Waals surface area contributed by atoms with Gasteiger partial charge in [0.25, 0.3) is 0 Å². The third kappa shape index (κ3) is 4.27. The van der Waals surface area contributed by atoms with Gasteiger partial charge in [0.1, 0.15) is 11.5 Å². The number of rotatable bonds is 5. The number of hydrogen-bond donors (Lipinski definition) is 1. The van der Waals surface area contributed by atoms with Crippen LogP contribution in [-0.4, -0.2) is 31.4 Å². The fraction of sp³-hybridized carbons (Fsp3) is 0.385. The molecule has 3 atom stereocenters. The number of allylic oxidation sites excluding steroid dienone is 3. The fourth-order valence-corrected chi connectivity index (χ4v) is 5.02. The zero-order valence-electron chi connectivity index (χ0n) is 19.9. The third-order valence-electron chi connectivity index (χ3n) is 6.47. The molecular formula is C26H26ClNO7. The summed E-state index contributed by atoms with van der Waals surface area (Å²) in [7, 11) is 1.22. The highest BCUT2D eigenvalue weighted by Crippen LogP contribution is 2.45. The van der Waals surface area contributed by atoms with Crippen molar-refractivity contribution < 1.29 is 28.3 Å². The van der Waals surface area contributed by atoms with Gasteiger partial charge in [-0.15, -0.1) is 0 Å². The number of halogens is 1. The van der Waals surface area contributed by atoms with Crippen LogP contribution in [0.15, 0.2) is 56.2 Å². The van der Waals surface area contributed by atoms with Gasteiger partial charge >= 0.3 is 11.9 Å². The average Bonchev–Trinajstić information content (AvgIpc) is 2.82. The minimum atomic E-state index is -1.08. The molecule has 0 unspecified atom stereocenters. The maximum Gasteiger partial charge on any atom is 0.336 e. The number of carbonyl (C=O) groups excluding carboxylic acids is 3. The number of Topliss-reactive ketones (excluding diaryl/α,β-unsaturated/α-hetero) is 1. The summed E-state index contributed by atoms with van der Waals surface area (Å²) in [5.74, 6) is -4.29. The number of benzene rings is 1. The molecule has 1 aliphatic carbocycles. The van der Waals surface area contributed by atoms with Gasteiger partial charge in [-0.05, 0) is 43.9 Å². The Morgan fingerprint density at radius 1 is 1.26 bits per heavy atom. The number of ketones is 1. The quantitative estimate of drug-likeness (QED) is 0.485. The van der Waals surface area contributed by atoms with Crippen LogP contribution < -0.4 is 10.7 Å². The first kappa shape index (κ1) is 24.7. The summed E-state index contributed by atoms with van der Waals surface area (Å²) in [6.45, 7) is 5.52. The van der Waals surface area contributed by atoms with Crippen molar-refractivity contribution in [3.63, 3.8) is 0 Å². The second kappa shape index (κ2) is 9.70. The number of nitrogens with one attached hydrogen (secondary N) is 1. The predicted octanol–water partition coefficient (Wildman–Crippen LogP) is 4.01. The molecule has 0 spiro atoms. The topological polar surface area (TPSA) is 112 Å². The zero-order chi connectivity index (χ0) is 25.4. The molecule has 0 radical (unpaired) electrons. The van der Waals surface area contributed by atoms with Crippen molar-refractivity contribution in [2.45, 2.75) is 39.5 Å². The van der Waals surface area contributed by atoms with Crippen molar-refractivity contribution in [1.29, 1.82) is 0 Å². The van der Waals surface area contributed by atoms with E-state index in [0.717, 1.165) is 0 Å². The summed E-state index contributed by atoms with van der Waals surface area (Å²) < 4.78 is 16.0. The predicted molar refractivity (Wildman–Crippen MR) is 129 cm³/mol. The number of ether oxygens (including phenoxy) is 2. The van der Waals surface area contributed by atoms with Crippen LogP contribution in [0, 0.1) is 11.8 Å². The van der Waals surface area contributed by atoms with Crippen molar-refractivity contribution in [2.24, 2.45) is 11.8 Å². The summed E-state index contributed by atoms with van der Waals surface area (Å²) in [5.41, 5.74) is 1.29. The fourth-order valence-electron chi connectivity index (χ4n) is 4.85. The van der Waals surface area contributed by atoms with E-state index in [0.29, 0.717) is 34.8 Å². The molecule has 0 fully saturated rings. The molecule has 0 saturated carbocycles. The van der Waals surface area contributed by atoms with Crippen molar-refractivity contribution in [2.75, 3.05) is 13.7 Å². The maximum absolute atomic E-state index is 13.7. The van der Waals surface area contributed by atoms with Gasteiger partial charge in [0.2, 0.25) is 0 Å². The Hall–Kier alpha value is -3.39. The zero-order valence-corrected chi connectivity index (χ0v) is 20.7. The number of fused-ring (bicyclic) bond motifs is 1. The Morgan fingerprint density at radius 3 is 2.69 bits per heavy atom. The molecule has 2 heterocycles. The molecule has 1 aromatic carbocycles. The Kier molecular flexibility index (Phi) is 6.85. The highest BCUT2D eigenvalue weighted by molar-refractivity contribution is 6.31. The van der Waals surface area contributed by atoms with Crippen LogP contribution >= 0.6 is 11.6 Å². The first-order valence-electron chi connectivity index (χ1n) is 11.4. The SMILES string of the molecule is CCCOC(=O)C1=C(C)NC2=C(C(=O)[C@H](C(=O)OC)[C@@H](C)C2)[C@@H]1c1coc2ccc(Cl)cc2c1=O. The van der Waals surface area contributed by atoms with Gasteiger partial charge in [-0.1, -0.05) is 25.4 Å². The highest BCUT2D eigenvalue weighted by atomic mass is 35.5. The first-order chi connectivity index (χ1) is 16.7. The second-order valence-electron chi connectivity index (χ2n) is 8.83. The van der Waals surface area contributed by atoms with E-state index in [1.54, 1.807) is 26.0 Å². The summed E-state index contributed by atoms with van der Waals surface area (Å²) in [4.78, 5) is 53.1. The van der Waals surface area contributed by atoms with Crippen LogP contribution in [0.5, 0.6) is 0 Å². The van der Waals surface area contributed by atoms with Gasteiger partial charge in [0.15, 0.2) is 11.2 Å². The van der Waals surface area contributed by atoms with Crippen molar-refractivity contribution in [3.05, 3.63) is 67.8 Å². The normalized spacial score (nSPS) is 22.1. The van der Waals surface area contributed by atoms with Gasteiger partial charge in [-0.3, -0.25) is 14.4 Å². The summed E-state index contributed by atoms with van der Waals surface area (Å²) >= 11 is 6.12. The highest BCUT2D eigenvalue weighted by Gasteiger charge is 2.48. The number of esters is 2. The first-order valence-corrected chi connectivity index (χ1v) is 11.8. The van der Waals surface area contributed by atoms with Crippen LogP contribution in [0.1, 0.15) is 45.1 Å². The van der Waals surface area contributed by atoms with Gasteiger partial charge in [0.05, 0.1) is 36.9 Å². The van der Waals surface area contributed by atoms with Gasteiger partial charge in [-0.2, -0.15) is 0 Å². The lowest BCUT2D eigenvalue weighted by Gasteiger charge is -2.37. The molecule has 2 aliphatic rings. The lowest BCUT2D eigenvalue weighted by Crippen LogP contribution is -2.44. The molecule has 184 valence electrons. The van der Waals surface area contributed by atoms with E-state index >= 15 is 0 Å². The lowest BCUT2D eigenvalue weighted by atomic mass is 9.69. The standard InChI is InChI=1S/C26H26ClNO7/c1-5-8-34-26(32)20-13(3)28-17-9-12(2)19(25(31)33-4)24(30)22(17)21(20)16-11-35-18-7-6-14(27)10-15(18)23(16)29/h6-7,10-12,19,21,28H,5,8-9H2,1-4H3/t12-,19+,21+/m0/s1. The Bertz CT molecular complexity index is 1350. The summed E-state index contributed by atoms with van der Waals surface area (Å²) in [6, 6.07) is 4.66. The Balaban J connectivity index is 1.97. The Morgan fingerprint density at radius 2 is 2.00 bits per heavy atom. The van der Waals surface area contributed by atoms with Crippen molar-refractivity contribution in [3.8, 4) is 0 Å². The van der Waals surface area contributed by atoms with Crippen molar-refractivity contribution in [1.82, 2.24) is 5.32 Å². The molecule has 1 N–H and O–H groups in total. The van der Waals surface area contributed by atoms with E-state index in [4.69, 9.17) is 25.5 Å². The smallest absolute Gasteiger partial charge is 0.336 e. The molecule has 0 saturated heterocycles. The monoisotopic (exact) mass is 499 g/mol. The second-order valence-corrected chi connectivity index (χ2v) is 9.27. The summed E-state index contributed by atoms with van der Waals surface area (Å²) in [5, 5.41) is 3.72. The van der Waals surface area contributed by atoms with Crippen LogP contribution in [-0.2, 0) is 23.9 Å². The van der Waals surface area contributed by atoms with Crippen LogP contribution in [0.3, 0.4) is 0 Å². The van der Waals surface area contributed by atoms with E-state index in [-0.39, 0.29) is 34.6 Å². The van der Waals surface area contributed by atoms with E-state index < -0.39 is 35.0 Å². The van der Waals surface area contributed by atoms with Crippen LogP contribution in [0.4, 0.5) is 0 Å². The van der Waals surface area contributed by atoms with E-state index in [2.05, 4.69) is 5.32 Å². The molecule has 1 aliphatic heterocycles. The van der Waals surface area contributed by atoms with Gasteiger partial charge in [0, 0.05) is 27.6 Å². The number of methoxy groups -OCH3 is 1. The molecule has 35 heavy (non-hydrogen) atoms. The van der Waals surface area contributed by atoms with Crippen LogP contribution in [0.2, 0.25) is 5.02 Å². The van der Waals surface area contributed by atoms with Crippen LogP contribution in [0.25, 0.3) is 11.0 Å². The lowest BCUT2D eigenvalue weighted by molar-refractivity contribution is -0.151. The van der Waals surface area contributed by atoms with Crippen molar-refractivity contribution >= 4 is 40.3 Å². The molecular weight excluding hydrogens is 474 g/mol. The maximum atomic E-state index is 13.7. The number of dihydropyridines is 1. The molecule has 1 aromatic heterocycles. The Labute approximate surface area is 206 Å². The van der Waals surface area contributed by atoms with Gasteiger partial charge < -0.3 is 19.2 Å². The third-order valence-corrected chi connectivity index (χ3v) is 6.71. The number of hydrogen-bond acceptors (Lipinski definition) is 8. The van der Waals surface area contributed by atoms with Gasteiger partial charge in [-0.25, -0.2) is 4.79 Å². The minimum Gasteiger partial charge on any atom is -0.468 e. The van der Waals surface area contributed by atoms with E-state index in [1.165, 1.54) is 19.4 Å². The molecule has 9 heteroatoms. The minimum absolute atomic E-state index is 0.0862. The number of carbonyl (C=O) groups is 3. The summed E-state index contributed by atoms with van der Waals surface area (Å²) in [6.07, 6.45) is 2.22. The van der Waals surface area contributed by atoms with E-state index in [1.807, 2.05) is 6.92 Å².